The van der Waals surface area contributed by atoms with Crippen molar-refractivity contribution in [2.24, 2.45) is 0 Å². The molecule has 0 atom stereocenters. The molecule has 1 amide bonds. The number of nitrogens with one attached hydrogen (secondary N) is 1. The van der Waals surface area contributed by atoms with Gasteiger partial charge in [-0.15, -0.1) is 0 Å². The number of carbonyl (C=O) groups is 1. The van der Waals surface area contributed by atoms with Crippen LogP contribution in [0, 0.1) is 0 Å². The molecular formula is C16H23BrN2O3. The number of nitrogens with zero attached hydrogens (tertiary/aromatic N) is 1. The quantitative estimate of drug-likeness (QED) is 0.863. The molecule has 0 aliphatic carbocycles. The second-order valence-electron chi connectivity index (χ2n) is 5.76. The number of hydrogen-bond acceptors (Lipinski definition) is 4. The van der Waals surface area contributed by atoms with Crippen molar-refractivity contribution in [3.05, 3.63) is 28.2 Å². The van der Waals surface area contributed by atoms with Gasteiger partial charge in [0.2, 0.25) is 0 Å². The summed E-state index contributed by atoms with van der Waals surface area (Å²) < 4.78 is 11.4. The van der Waals surface area contributed by atoms with Crippen molar-refractivity contribution in [1.82, 2.24) is 10.2 Å². The Morgan fingerprint density at radius 2 is 2.09 bits per heavy atom. The monoisotopic (exact) mass is 370 g/mol. The number of benzene rings is 1. The average Bonchev–Trinajstić information content (AvgIpc) is 2.54. The van der Waals surface area contributed by atoms with Crippen LogP contribution < -0.4 is 10.1 Å². The third kappa shape index (κ3) is 3.80. The van der Waals surface area contributed by atoms with Crippen LogP contribution >= 0.6 is 15.9 Å². The van der Waals surface area contributed by atoms with Crippen LogP contribution in [-0.4, -0.2) is 57.3 Å². The summed E-state index contributed by atoms with van der Waals surface area (Å²) in [4.78, 5) is 14.7. The van der Waals surface area contributed by atoms with Crippen LogP contribution in [0.25, 0.3) is 0 Å². The van der Waals surface area contributed by atoms with Crippen molar-refractivity contribution in [3.63, 3.8) is 0 Å². The summed E-state index contributed by atoms with van der Waals surface area (Å²) in [5, 5.41) is 3.06. The van der Waals surface area contributed by atoms with Gasteiger partial charge in [-0.3, -0.25) is 4.79 Å². The lowest BCUT2D eigenvalue weighted by atomic mass is 9.88. The van der Waals surface area contributed by atoms with E-state index in [0.717, 1.165) is 30.5 Å². The van der Waals surface area contributed by atoms with Gasteiger partial charge in [0, 0.05) is 29.8 Å². The minimum atomic E-state index is -0.0986. The van der Waals surface area contributed by atoms with Gasteiger partial charge in [0.05, 0.1) is 12.7 Å². The minimum Gasteiger partial charge on any atom is -0.497 e. The summed E-state index contributed by atoms with van der Waals surface area (Å²) in [6, 6.07) is 5.39. The van der Waals surface area contributed by atoms with E-state index >= 15 is 0 Å². The molecule has 0 unspecified atom stereocenters. The highest BCUT2D eigenvalue weighted by Crippen LogP contribution is 2.26. The second-order valence-corrected chi connectivity index (χ2v) is 6.61. The largest absolute Gasteiger partial charge is 0.497 e. The van der Waals surface area contributed by atoms with Gasteiger partial charge in [-0.25, -0.2) is 0 Å². The molecule has 0 bridgehead atoms. The fraction of sp³-hybridized carbons (Fsp3) is 0.562. The highest BCUT2D eigenvalue weighted by molar-refractivity contribution is 9.10. The van der Waals surface area contributed by atoms with Gasteiger partial charge in [0.25, 0.3) is 5.91 Å². The van der Waals surface area contributed by atoms with Crippen LogP contribution in [0.2, 0.25) is 0 Å². The van der Waals surface area contributed by atoms with Crippen molar-refractivity contribution in [3.8, 4) is 5.75 Å². The summed E-state index contributed by atoms with van der Waals surface area (Å²) in [7, 11) is 5.70. The molecule has 1 aliphatic heterocycles. The first kappa shape index (κ1) is 17.2. The highest BCUT2D eigenvalue weighted by Gasteiger charge is 2.35. The topological polar surface area (TPSA) is 50.8 Å². The fourth-order valence-corrected chi connectivity index (χ4v) is 3.11. The van der Waals surface area contributed by atoms with E-state index in [4.69, 9.17) is 9.47 Å². The van der Waals surface area contributed by atoms with E-state index in [1.807, 2.05) is 12.1 Å². The third-order valence-corrected chi connectivity index (χ3v) is 5.06. The number of amides is 1. The van der Waals surface area contributed by atoms with Gasteiger partial charge in [-0.1, -0.05) is 0 Å². The fourth-order valence-electron chi connectivity index (χ4n) is 2.68. The minimum absolute atomic E-state index is 0.0424. The van der Waals surface area contributed by atoms with E-state index < -0.39 is 0 Å². The maximum atomic E-state index is 12.5. The molecule has 1 aromatic carbocycles. The van der Waals surface area contributed by atoms with Crippen LogP contribution in [0.5, 0.6) is 5.75 Å². The smallest absolute Gasteiger partial charge is 0.252 e. The first-order valence-corrected chi connectivity index (χ1v) is 8.15. The van der Waals surface area contributed by atoms with Crippen LogP contribution in [0.3, 0.4) is 0 Å². The van der Waals surface area contributed by atoms with Crippen LogP contribution in [-0.2, 0) is 4.74 Å². The first-order valence-electron chi connectivity index (χ1n) is 7.35. The van der Waals surface area contributed by atoms with E-state index in [1.165, 1.54) is 0 Å². The maximum Gasteiger partial charge on any atom is 0.252 e. The van der Waals surface area contributed by atoms with Gasteiger partial charge >= 0.3 is 0 Å². The number of hydrogen-bond donors (Lipinski definition) is 1. The normalized spacial score (nSPS) is 17.3. The standard InChI is InChI=1S/C16H23BrN2O3/c1-19(2)16(6-8-22-9-7-16)11-18-15(20)13-10-12(21-3)4-5-14(13)17/h4-5,10H,6-9,11H2,1-3H3,(H,18,20). The Labute approximate surface area is 140 Å². The zero-order valence-corrected chi connectivity index (χ0v) is 14.9. The Morgan fingerprint density at radius 1 is 1.41 bits per heavy atom. The number of methoxy groups -OCH3 is 1. The lowest BCUT2D eigenvalue weighted by Gasteiger charge is -2.42. The summed E-state index contributed by atoms with van der Waals surface area (Å²) in [6.45, 7) is 2.07. The summed E-state index contributed by atoms with van der Waals surface area (Å²) in [5.41, 5.74) is 0.541. The zero-order valence-electron chi connectivity index (χ0n) is 13.3. The molecule has 0 saturated carbocycles. The molecule has 0 radical (unpaired) electrons. The lowest BCUT2D eigenvalue weighted by Crippen LogP contribution is -2.55. The van der Waals surface area contributed by atoms with Crippen molar-refractivity contribution in [1.29, 1.82) is 0 Å². The van der Waals surface area contributed by atoms with Crippen molar-refractivity contribution in [2.75, 3.05) is 41.0 Å². The predicted molar refractivity (Wildman–Crippen MR) is 89.5 cm³/mol. The van der Waals surface area contributed by atoms with Gasteiger partial charge < -0.3 is 19.7 Å². The molecular weight excluding hydrogens is 348 g/mol. The molecule has 122 valence electrons. The lowest BCUT2D eigenvalue weighted by molar-refractivity contribution is -0.00658. The van der Waals surface area contributed by atoms with Gasteiger partial charge in [-0.05, 0) is 61.1 Å². The van der Waals surface area contributed by atoms with Crippen LogP contribution in [0.1, 0.15) is 23.2 Å². The Bertz CT molecular complexity index is 528. The maximum absolute atomic E-state index is 12.5. The molecule has 1 saturated heterocycles. The number of halogens is 1. The second kappa shape index (κ2) is 7.44. The summed E-state index contributed by atoms with van der Waals surface area (Å²) in [5.74, 6) is 0.570. The molecule has 22 heavy (non-hydrogen) atoms. The molecule has 0 aromatic heterocycles. The average molecular weight is 371 g/mol. The number of rotatable bonds is 5. The van der Waals surface area contributed by atoms with E-state index in [9.17, 15) is 4.79 Å². The van der Waals surface area contributed by atoms with Gasteiger partial charge in [0.15, 0.2) is 0 Å². The SMILES string of the molecule is COc1ccc(Br)c(C(=O)NCC2(N(C)C)CCOCC2)c1. The van der Waals surface area contributed by atoms with Gasteiger partial charge in [-0.2, -0.15) is 0 Å². The van der Waals surface area contributed by atoms with E-state index in [0.29, 0.717) is 17.9 Å². The number of carbonyl (C=O) groups excluding carboxylic acids is 1. The van der Waals surface area contributed by atoms with E-state index in [1.54, 1.807) is 13.2 Å². The van der Waals surface area contributed by atoms with Crippen molar-refractivity contribution >= 4 is 21.8 Å². The molecule has 1 N–H and O–H groups in total. The van der Waals surface area contributed by atoms with Crippen molar-refractivity contribution < 1.29 is 14.3 Å². The first-order chi connectivity index (χ1) is 10.5. The van der Waals surface area contributed by atoms with Crippen LogP contribution in [0.4, 0.5) is 0 Å². The molecule has 1 heterocycles. The van der Waals surface area contributed by atoms with E-state index in [2.05, 4.69) is 40.2 Å². The van der Waals surface area contributed by atoms with Crippen LogP contribution in [0.15, 0.2) is 22.7 Å². The van der Waals surface area contributed by atoms with Crippen molar-refractivity contribution in [2.45, 2.75) is 18.4 Å². The summed E-state index contributed by atoms with van der Waals surface area (Å²) >= 11 is 3.42. The molecule has 0 spiro atoms. The molecule has 6 heteroatoms. The zero-order chi connectivity index (χ0) is 16.2. The molecule has 2 rings (SSSR count). The third-order valence-electron chi connectivity index (χ3n) is 4.37. The molecule has 5 nitrogen and oxygen atoms in total. The summed E-state index contributed by atoms with van der Waals surface area (Å²) in [6.07, 6.45) is 1.83. The highest BCUT2D eigenvalue weighted by atomic mass is 79.9. The molecule has 1 fully saturated rings. The number of ether oxygens (including phenoxy) is 2. The Hall–Kier alpha value is -1.11. The van der Waals surface area contributed by atoms with Gasteiger partial charge in [0.1, 0.15) is 5.75 Å². The number of likely N-dealkylation sites (N-methyl/N-ethyl adjacent to an activating group) is 1. The Kier molecular flexibility index (Phi) is 5.83. The molecule has 1 aromatic rings. The Morgan fingerprint density at radius 3 is 2.68 bits per heavy atom. The Balaban J connectivity index is 2.08. The van der Waals surface area contributed by atoms with E-state index in [-0.39, 0.29) is 11.4 Å². The molecule has 1 aliphatic rings. The predicted octanol–water partition coefficient (Wildman–Crippen LogP) is 2.30.